The van der Waals surface area contributed by atoms with Crippen LogP contribution in [-0.4, -0.2) is 30.9 Å². The minimum absolute atomic E-state index is 0.160. The molecule has 2 aromatic carbocycles. The van der Waals surface area contributed by atoms with E-state index in [0.29, 0.717) is 23.4 Å². The molecule has 2 N–H and O–H groups in total. The maximum atomic E-state index is 13.5. The molecule has 0 amide bonds. The molecule has 0 aliphatic heterocycles. The van der Waals surface area contributed by atoms with Crippen molar-refractivity contribution in [2.45, 2.75) is 19.5 Å². The molecule has 166 valence electrons. The van der Waals surface area contributed by atoms with Crippen LogP contribution in [0.3, 0.4) is 0 Å². The Kier molecular flexibility index (Phi) is 5.82. The van der Waals surface area contributed by atoms with Crippen molar-refractivity contribution in [2.75, 3.05) is 6.54 Å². The molecule has 0 aliphatic rings. The highest BCUT2D eigenvalue weighted by atomic mass is 19.1. The molecule has 0 aliphatic carbocycles. The number of H-pyrrole nitrogens is 1. The lowest BCUT2D eigenvalue weighted by Gasteiger charge is -2.06. The minimum Gasteiger partial charge on any atom is -0.337 e. The van der Waals surface area contributed by atoms with Crippen molar-refractivity contribution in [3.63, 3.8) is 0 Å². The van der Waals surface area contributed by atoms with Crippen molar-refractivity contribution < 1.29 is 4.39 Å². The van der Waals surface area contributed by atoms with Crippen LogP contribution in [0.5, 0.6) is 0 Å². The predicted octanol–water partition coefficient (Wildman–Crippen LogP) is 3.90. The van der Waals surface area contributed by atoms with Crippen molar-refractivity contribution >= 4 is 11.0 Å². The molecule has 5 rings (SSSR count). The third-order valence-electron chi connectivity index (χ3n) is 5.53. The standard InChI is InChI=1S/C25H23FN6O/c26-20-9-7-18(8-10-20)23-22-15-19(16-27-11-4-13-31-14-12-28-17-31)25(33)29-24(22)32(30-23)21-5-2-1-3-6-21/h1-3,5-10,12,14-15,17,27H,4,11,13,16H2,(H,29,33). The van der Waals surface area contributed by atoms with E-state index in [1.54, 1.807) is 29.3 Å². The van der Waals surface area contributed by atoms with Crippen LogP contribution in [0, 0.1) is 5.82 Å². The Morgan fingerprint density at radius 3 is 2.64 bits per heavy atom. The van der Waals surface area contributed by atoms with Gasteiger partial charge in [0.1, 0.15) is 17.2 Å². The van der Waals surface area contributed by atoms with Crippen molar-refractivity contribution in [3.05, 3.63) is 101 Å². The largest absolute Gasteiger partial charge is 0.337 e. The third-order valence-corrected chi connectivity index (χ3v) is 5.53. The van der Waals surface area contributed by atoms with E-state index in [2.05, 4.69) is 15.3 Å². The lowest BCUT2D eigenvalue weighted by molar-refractivity contribution is 0.579. The molecule has 0 fully saturated rings. The first-order valence-electron chi connectivity index (χ1n) is 10.8. The Morgan fingerprint density at radius 1 is 1.06 bits per heavy atom. The summed E-state index contributed by atoms with van der Waals surface area (Å²) < 4.78 is 17.3. The number of para-hydroxylation sites is 1. The van der Waals surface area contributed by atoms with E-state index < -0.39 is 0 Å². The fourth-order valence-electron chi connectivity index (χ4n) is 3.85. The topological polar surface area (TPSA) is 80.5 Å². The number of aryl methyl sites for hydroxylation is 1. The molecule has 0 unspecified atom stereocenters. The van der Waals surface area contributed by atoms with Gasteiger partial charge in [-0.05, 0) is 55.4 Å². The van der Waals surface area contributed by atoms with Gasteiger partial charge < -0.3 is 14.9 Å². The number of halogens is 1. The van der Waals surface area contributed by atoms with Crippen LogP contribution in [0.1, 0.15) is 12.0 Å². The summed E-state index contributed by atoms with van der Waals surface area (Å²) in [4.78, 5) is 19.9. The van der Waals surface area contributed by atoms with Crippen LogP contribution in [0.15, 0.2) is 84.2 Å². The second kappa shape index (κ2) is 9.22. The highest BCUT2D eigenvalue weighted by Gasteiger charge is 2.16. The number of benzene rings is 2. The number of fused-ring (bicyclic) bond motifs is 1. The van der Waals surface area contributed by atoms with Gasteiger partial charge in [0, 0.05) is 42.0 Å². The summed E-state index contributed by atoms with van der Waals surface area (Å²) in [6, 6.07) is 17.7. The molecule has 33 heavy (non-hydrogen) atoms. The van der Waals surface area contributed by atoms with Crippen LogP contribution in [0.2, 0.25) is 0 Å². The Bertz CT molecular complexity index is 1410. The number of imidazole rings is 1. The van der Waals surface area contributed by atoms with Crippen LogP contribution < -0.4 is 10.9 Å². The van der Waals surface area contributed by atoms with E-state index in [-0.39, 0.29) is 11.4 Å². The Morgan fingerprint density at radius 2 is 1.88 bits per heavy atom. The second-order valence-electron chi connectivity index (χ2n) is 7.82. The molecule has 0 spiro atoms. The monoisotopic (exact) mass is 442 g/mol. The first kappa shape index (κ1) is 20.8. The number of hydrogen-bond donors (Lipinski definition) is 2. The average Bonchev–Trinajstić information content (AvgIpc) is 3.48. The van der Waals surface area contributed by atoms with Crippen molar-refractivity contribution in [2.24, 2.45) is 0 Å². The molecule has 0 saturated carbocycles. The van der Waals surface area contributed by atoms with Crippen molar-refractivity contribution in [3.8, 4) is 16.9 Å². The molecule has 0 atom stereocenters. The summed E-state index contributed by atoms with van der Waals surface area (Å²) in [5, 5.41) is 8.93. The summed E-state index contributed by atoms with van der Waals surface area (Å²) in [6.45, 7) is 2.07. The first-order chi connectivity index (χ1) is 16.2. The van der Waals surface area contributed by atoms with Gasteiger partial charge in [-0.25, -0.2) is 14.1 Å². The molecular weight excluding hydrogens is 419 g/mol. The van der Waals surface area contributed by atoms with Gasteiger partial charge in [-0.2, -0.15) is 5.10 Å². The lowest BCUT2D eigenvalue weighted by Crippen LogP contribution is -2.22. The van der Waals surface area contributed by atoms with E-state index in [0.717, 1.165) is 36.1 Å². The van der Waals surface area contributed by atoms with Crippen LogP contribution >= 0.6 is 0 Å². The molecule has 3 heterocycles. The Balaban J connectivity index is 1.46. The molecule has 0 radical (unpaired) electrons. The second-order valence-corrected chi connectivity index (χ2v) is 7.82. The first-order valence-corrected chi connectivity index (χ1v) is 10.8. The van der Waals surface area contributed by atoms with Crippen LogP contribution in [-0.2, 0) is 13.1 Å². The normalized spacial score (nSPS) is 11.3. The number of aromatic amines is 1. The van der Waals surface area contributed by atoms with Crippen LogP contribution in [0.25, 0.3) is 28.0 Å². The van der Waals surface area contributed by atoms with Gasteiger partial charge in [0.15, 0.2) is 0 Å². The zero-order valence-corrected chi connectivity index (χ0v) is 17.9. The van der Waals surface area contributed by atoms with Gasteiger partial charge in [0.05, 0.1) is 12.0 Å². The summed E-state index contributed by atoms with van der Waals surface area (Å²) in [7, 11) is 0. The van der Waals surface area contributed by atoms with E-state index >= 15 is 0 Å². The van der Waals surface area contributed by atoms with Gasteiger partial charge in [-0.3, -0.25) is 4.79 Å². The van der Waals surface area contributed by atoms with E-state index in [1.165, 1.54) is 12.1 Å². The molecule has 8 heteroatoms. The average molecular weight is 442 g/mol. The smallest absolute Gasteiger partial charge is 0.254 e. The SMILES string of the molecule is O=c1[nH]c2c(cc1CNCCCn1ccnc1)c(-c1ccc(F)cc1)nn2-c1ccccc1. The molecule has 7 nitrogen and oxygen atoms in total. The Hall–Kier alpha value is -4.04. The Labute approximate surface area is 189 Å². The van der Waals surface area contributed by atoms with Gasteiger partial charge in [-0.15, -0.1) is 0 Å². The molecule has 0 saturated heterocycles. The highest BCUT2D eigenvalue weighted by molar-refractivity contribution is 5.92. The van der Waals surface area contributed by atoms with Gasteiger partial charge in [0.2, 0.25) is 0 Å². The summed E-state index contributed by atoms with van der Waals surface area (Å²) in [5.74, 6) is -0.306. The van der Waals surface area contributed by atoms with Crippen LogP contribution in [0.4, 0.5) is 4.39 Å². The molecule has 0 bridgehead atoms. The van der Waals surface area contributed by atoms with E-state index in [4.69, 9.17) is 5.10 Å². The zero-order chi connectivity index (χ0) is 22.6. The number of nitrogens with one attached hydrogen (secondary N) is 2. The maximum Gasteiger partial charge on any atom is 0.254 e. The van der Waals surface area contributed by atoms with Crippen molar-refractivity contribution in [1.82, 2.24) is 29.6 Å². The van der Waals surface area contributed by atoms with Gasteiger partial charge in [-0.1, -0.05) is 18.2 Å². The van der Waals surface area contributed by atoms with E-state index in [9.17, 15) is 9.18 Å². The van der Waals surface area contributed by atoms with Gasteiger partial charge >= 0.3 is 0 Å². The lowest BCUT2D eigenvalue weighted by atomic mass is 10.1. The number of hydrogen-bond acceptors (Lipinski definition) is 4. The fraction of sp³-hybridized carbons (Fsp3) is 0.160. The van der Waals surface area contributed by atoms with E-state index in [1.807, 2.05) is 47.2 Å². The highest BCUT2D eigenvalue weighted by Crippen LogP contribution is 2.29. The number of rotatable bonds is 8. The summed E-state index contributed by atoms with van der Waals surface area (Å²) in [5.41, 5.74) is 3.37. The molecular formula is C25H23FN6O. The zero-order valence-electron chi connectivity index (χ0n) is 17.9. The maximum absolute atomic E-state index is 13.5. The predicted molar refractivity (Wildman–Crippen MR) is 126 cm³/mol. The third kappa shape index (κ3) is 4.47. The quantitative estimate of drug-likeness (QED) is 0.357. The fourth-order valence-corrected chi connectivity index (χ4v) is 3.85. The molecule has 3 aromatic heterocycles. The number of nitrogens with zero attached hydrogens (tertiary/aromatic N) is 4. The number of pyridine rings is 1. The summed E-state index contributed by atoms with van der Waals surface area (Å²) >= 11 is 0. The van der Waals surface area contributed by atoms with Gasteiger partial charge in [0.25, 0.3) is 5.56 Å². The summed E-state index contributed by atoms with van der Waals surface area (Å²) in [6.07, 6.45) is 6.40. The van der Waals surface area contributed by atoms with Crippen molar-refractivity contribution in [1.29, 1.82) is 0 Å². The number of aromatic nitrogens is 5. The molecule has 5 aromatic rings. The minimum atomic E-state index is -0.306.